The molecule has 1 atom stereocenters. The lowest BCUT2D eigenvalue weighted by molar-refractivity contribution is -0.142. The molecule has 192 valence electrons. The number of anilines is 1. The molecule has 3 aromatic rings. The summed E-state index contributed by atoms with van der Waals surface area (Å²) >= 11 is 6.02. The number of hydrazine groups is 1. The van der Waals surface area contributed by atoms with Gasteiger partial charge >= 0.3 is 6.09 Å². The Balaban J connectivity index is 1.58. The largest absolute Gasteiger partial charge is 0.444 e. The number of aromatic nitrogens is 3. The maximum Gasteiger partial charge on any atom is 0.408 e. The quantitative estimate of drug-likeness (QED) is 0.267. The molecule has 2 aromatic heterocycles. The van der Waals surface area contributed by atoms with Crippen LogP contribution >= 0.6 is 11.6 Å². The molecule has 0 spiro atoms. The Morgan fingerprint density at radius 2 is 1.86 bits per heavy atom. The van der Waals surface area contributed by atoms with Gasteiger partial charge in [0, 0.05) is 24.3 Å². The first kappa shape index (κ1) is 25.7. The number of hydrogen-bond acceptors (Lipinski definition) is 7. The number of amides is 2. The summed E-state index contributed by atoms with van der Waals surface area (Å²) in [5.41, 5.74) is -0.381. The average Bonchev–Trinajstić information content (AvgIpc) is 3.31. The van der Waals surface area contributed by atoms with E-state index in [1.807, 2.05) is 31.3 Å². The van der Waals surface area contributed by atoms with Gasteiger partial charge in [-0.3, -0.25) is 9.80 Å². The van der Waals surface area contributed by atoms with E-state index in [-0.39, 0.29) is 5.91 Å². The lowest BCUT2D eigenvalue weighted by Gasteiger charge is -2.44. The summed E-state index contributed by atoms with van der Waals surface area (Å²) in [4.78, 5) is 40.6. The Kier molecular flexibility index (Phi) is 7.10. The number of H-pyrrole nitrogens is 1. The standard InChI is InChI=1S/C25H32ClN7O3/c1-16(17-5-7-18(26)8-6-17)33(27)22(34)25(31-23(35)36-24(2,3)4)10-13-32(14-11-25)21-19-9-12-28-20(19)29-15-30-21/h5-9,12,15-16H,10-11,13-14,27H2,1-4H3,(H,31,35)(H,28,29,30). The molecule has 0 radical (unpaired) electrons. The fourth-order valence-corrected chi connectivity index (χ4v) is 4.55. The second-order valence-corrected chi connectivity index (χ2v) is 10.5. The van der Waals surface area contributed by atoms with Crippen LogP contribution in [-0.4, -0.2) is 56.2 Å². The molecule has 0 aliphatic carbocycles. The van der Waals surface area contributed by atoms with Crippen LogP contribution in [0.3, 0.4) is 0 Å². The summed E-state index contributed by atoms with van der Waals surface area (Å²) in [5, 5.41) is 5.55. The summed E-state index contributed by atoms with van der Waals surface area (Å²) in [7, 11) is 0. The van der Waals surface area contributed by atoms with E-state index < -0.39 is 23.3 Å². The van der Waals surface area contributed by atoms with Crippen LogP contribution in [0.25, 0.3) is 11.0 Å². The summed E-state index contributed by atoms with van der Waals surface area (Å²) in [6.07, 6.45) is 3.31. The van der Waals surface area contributed by atoms with Gasteiger partial charge in [-0.25, -0.2) is 20.6 Å². The van der Waals surface area contributed by atoms with Gasteiger partial charge in [-0.15, -0.1) is 0 Å². The zero-order valence-corrected chi connectivity index (χ0v) is 21.7. The molecular weight excluding hydrogens is 482 g/mol. The number of rotatable bonds is 5. The number of nitrogens with zero attached hydrogens (tertiary/aromatic N) is 4. The van der Waals surface area contributed by atoms with Crippen molar-refractivity contribution in [2.45, 2.75) is 57.7 Å². The third-order valence-corrected chi connectivity index (χ3v) is 6.66. The summed E-state index contributed by atoms with van der Waals surface area (Å²) in [6.45, 7) is 8.11. The summed E-state index contributed by atoms with van der Waals surface area (Å²) < 4.78 is 5.50. The number of halogens is 1. The molecule has 1 aliphatic rings. The highest BCUT2D eigenvalue weighted by molar-refractivity contribution is 6.30. The van der Waals surface area contributed by atoms with E-state index in [1.54, 1.807) is 32.9 Å². The van der Waals surface area contributed by atoms with Gasteiger partial charge in [0.2, 0.25) is 0 Å². The number of nitrogens with two attached hydrogens (primary N) is 1. The highest BCUT2D eigenvalue weighted by Gasteiger charge is 2.46. The van der Waals surface area contributed by atoms with Crippen molar-refractivity contribution < 1.29 is 14.3 Å². The van der Waals surface area contributed by atoms with Gasteiger partial charge < -0.3 is 19.9 Å². The zero-order valence-electron chi connectivity index (χ0n) is 20.9. The van der Waals surface area contributed by atoms with Crippen LogP contribution in [0.4, 0.5) is 10.6 Å². The van der Waals surface area contributed by atoms with E-state index in [0.29, 0.717) is 31.0 Å². The molecule has 1 saturated heterocycles. The molecule has 10 nitrogen and oxygen atoms in total. The minimum Gasteiger partial charge on any atom is -0.444 e. The molecule has 11 heteroatoms. The Hall–Kier alpha value is -3.37. The highest BCUT2D eigenvalue weighted by Crippen LogP contribution is 2.32. The number of ether oxygens (including phenoxy) is 1. The van der Waals surface area contributed by atoms with Crippen molar-refractivity contribution in [3.8, 4) is 0 Å². The fourth-order valence-electron chi connectivity index (χ4n) is 4.43. The Labute approximate surface area is 215 Å². The van der Waals surface area contributed by atoms with E-state index in [9.17, 15) is 9.59 Å². The molecule has 4 N–H and O–H groups in total. The molecule has 1 fully saturated rings. The monoisotopic (exact) mass is 513 g/mol. The van der Waals surface area contributed by atoms with Crippen molar-refractivity contribution in [3.05, 3.63) is 53.4 Å². The lowest BCUT2D eigenvalue weighted by atomic mass is 9.85. The van der Waals surface area contributed by atoms with E-state index >= 15 is 0 Å². The van der Waals surface area contributed by atoms with Crippen molar-refractivity contribution >= 4 is 40.5 Å². The third kappa shape index (κ3) is 5.39. The minimum atomic E-state index is -1.24. The number of carbonyl (C=O) groups is 2. The molecule has 2 amide bonds. The SMILES string of the molecule is CC(c1ccc(Cl)cc1)N(N)C(=O)C1(NC(=O)OC(C)(C)C)CCN(c2ncnc3[nH]ccc23)CC1. The predicted molar refractivity (Wildman–Crippen MR) is 138 cm³/mol. The number of nitrogens with one attached hydrogen (secondary N) is 2. The molecule has 0 saturated carbocycles. The molecule has 1 aromatic carbocycles. The van der Waals surface area contributed by atoms with Crippen LogP contribution in [0.15, 0.2) is 42.9 Å². The van der Waals surface area contributed by atoms with Crippen LogP contribution in [-0.2, 0) is 9.53 Å². The van der Waals surface area contributed by atoms with Gasteiger partial charge in [0.1, 0.15) is 28.9 Å². The van der Waals surface area contributed by atoms with Crippen LogP contribution in [0.1, 0.15) is 52.1 Å². The number of hydrogen-bond donors (Lipinski definition) is 3. The topological polar surface area (TPSA) is 129 Å². The van der Waals surface area contributed by atoms with Crippen LogP contribution < -0.4 is 16.1 Å². The smallest absolute Gasteiger partial charge is 0.408 e. The average molecular weight is 514 g/mol. The number of piperidine rings is 1. The second kappa shape index (κ2) is 9.94. The number of carbonyl (C=O) groups excluding carboxylic acids is 2. The van der Waals surface area contributed by atoms with E-state index in [0.717, 1.165) is 22.4 Å². The first-order valence-electron chi connectivity index (χ1n) is 11.9. The first-order valence-corrected chi connectivity index (χ1v) is 12.2. The van der Waals surface area contributed by atoms with Crippen LogP contribution in [0.2, 0.25) is 5.02 Å². The fraction of sp³-hybridized carbons (Fsp3) is 0.440. The molecule has 36 heavy (non-hydrogen) atoms. The summed E-state index contributed by atoms with van der Waals surface area (Å²) in [6, 6.07) is 8.64. The molecule has 0 bridgehead atoms. The normalized spacial score (nSPS) is 16.4. The van der Waals surface area contributed by atoms with Crippen LogP contribution in [0.5, 0.6) is 0 Å². The lowest BCUT2D eigenvalue weighted by Crippen LogP contribution is -2.65. The molecule has 1 aliphatic heterocycles. The third-order valence-electron chi connectivity index (χ3n) is 6.40. The maximum absolute atomic E-state index is 13.9. The molecule has 4 rings (SSSR count). The number of aromatic amines is 1. The Morgan fingerprint density at radius 1 is 1.19 bits per heavy atom. The Morgan fingerprint density at radius 3 is 2.50 bits per heavy atom. The van der Waals surface area contributed by atoms with Gasteiger partial charge in [-0.05, 0) is 64.3 Å². The molecule has 1 unspecified atom stereocenters. The van der Waals surface area contributed by atoms with Gasteiger partial charge in [-0.1, -0.05) is 23.7 Å². The first-order chi connectivity index (χ1) is 17.0. The van der Waals surface area contributed by atoms with Gasteiger partial charge in [0.05, 0.1) is 11.4 Å². The second-order valence-electron chi connectivity index (χ2n) is 10.1. The van der Waals surface area contributed by atoms with Gasteiger partial charge in [0.25, 0.3) is 5.91 Å². The number of alkyl carbamates (subject to hydrolysis) is 1. The van der Waals surface area contributed by atoms with Crippen molar-refractivity contribution in [3.63, 3.8) is 0 Å². The highest BCUT2D eigenvalue weighted by atomic mass is 35.5. The maximum atomic E-state index is 13.9. The minimum absolute atomic E-state index is 0.321. The summed E-state index contributed by atoms with van der Waals surface area (Å²) in [5.74, 6) is 6.77. The van der Waals surface area contributed by atoms with E-state index in [4.69, 9.17) is 22.2 Å². The van der Waals surface area contributed by atoms with Crippen molar-refractivity contribution in [1.29, 1.82) is 0 Å². The van der Waals surface area contributed by atoms with Crippen molar-refractivity contribution in [2.24, 2.45) is 5.84 Å². The van der Waals surface area contributed by atoms with Gasteiger partial charge in [0.15, 0.2) is 0 Å². The number of fused-ring (bicyclic) bond motifs is 1. The van der Waals surface area contributed by atoms with Gasteiger partial charge in [-0.2, -0.15) is 0 Å². The van der Waals surface area contributed by atoms with Crippen molar-refractivity contribution in [1.82, 2.24) is 25.3 Å². The van der Waals surface area contributed by atoms with Crippen molar-refractivity contribution in [2.75, 3.05) is 18.0 Å². The van der Waals surface area contributed by atoms with E-state index in [2.05, 4.69) is 25.2 Å². The molecule has 3 heterocycles. The predicted octanol–water partition coefficient (Wildman–Crippen LogP) is 3.94. The Bertz CT molecular complexity index is 1230. The number of benzene rings is 1. The van der Waals surface area contributed by atoms with Crippen LogP contribution in [0, 0.1) is 0 Å². The zero-order chi connectivity index (χ0) is 26.1. The molecular formula is C25H32ClN7O3. The van der Waals surface area contributed by atoms with E-state index in [1.165, 1.54) is 11.3 Å².